The van der Waals surface area contributed by atoms with E-state index < -0.39 is 0 Å². The van der Waals surface area contributed by atoms with Crippen LogP contribution in [0.15, 0.2) is 39.4 Å². The van der Waals surface area contributed by atoms with E-state index in [2.05, 4.69) is 10.1 Å². The minimum atomic E-state index is 0.527. The molecule has 7 heteroatoms. The molecule has 4 aromatic rings. The summed E-state index contributed by atoms with van der Waals surface area (Å²) in [6.45, 7) is 3.78. The number of aryl methyl sites for hydroxylation is 2. The average molecular weight is 380 g/mol. The van der Waals surface area contributed by atoms with Crippen molar-refractivity contribution in [3.8, 4) is 39.7 Å². The molecule has 3 aromatic heterocycles. The lowest BCUT2D eigenvalue weighted by Crippen LogP contribution is -1.95. The molecule has 0 fully saturated rings. The highest BCUT2D eigenvalue weighted by Gasteiger charge is 2.20. The van der Waals surface area contributed by atoms with Crippen molar-refractivity contribution in [3.63, 3.8) is 0 Å². The van der Waals surface area contributed by atoms with Gasteiger partial charge in [0.05, 0.1) is 32.6 Å². The fourth-order valence-corrected chi connectivity index (χ4v) is 3.37. The highest BCUT2D eigenvalue weighted by Crippen LogP contribution is 2.43. The molecule has 0 saturated carbocycles. The van der Waals surface area contributed by atoms with Crippen LogP contribution in [-0.2, 0) is 0 Å². The Morgan fingerprint density at radius 2 is 1.64 bits per heavy atom. The third kappa shape index (κ3) is 2.76. The van der Waals surface area contributed by atoms with Crippen molar-refractivity contribution < 1.29 is 23.2 Å². The van der Waals surface area contributed by atoms with Crippen LogP contribution in [0.2, 0.25) is 0 Å². The summed E-state index contributed by atoms with van der Waals surface area (Å²) in [4.78, 5) is 4.44. The second-order valence-corrected chi connectivity index (χ2v) is 6.30. The van der Waals surface area contributed by atoms with E-state index in [9.17, 15) is 0 Å². The van der Waals surface area contributed by atoms with Gasteiger partial charge in [0, 0.05) is 23.4 Å². The monoisotopic (exact) mass is 380 g/mol. The molecule has 0 amide bonds. The fourth-order valence-electron chi connectivity index (χ4n) is 3.37. The summed E-state index contributed by atoms with van der Waals surface area (Å²) in [5, 5.41) is 4.04. The molecule has 0 radical (unpaired) electrons. The molecule has 0 atom stereocenters. The Balaban J connectivity index is 1.91. The second kappa shape index (κ2) is 6.92. The Bertz CT molecular complexity index is 1110. The van der Waals surface area contributed by atoms with Crippen molar-refractivity contribution >= 4 is 11.1 Å². The molecule has 0 N–H and O–H groups in total. The van der Waals surface area contributed by atoms with Crippen molar-refractivity contribution in [2.24, 2.45) is 0 Å². The van der Waals surface area contributed by atoms with Crippen LogP contribution in [0.4, 0.5) is 0 Å². The lowest BCUT2D eigenvalue weighted by atomic mass is 10.0. The van der Waals surface area contributed by atoms with E-state index in [0.29, 0.717) is 28.6 Å². The Morgan fingerprint density at radius 3 is 2.21 bits per heavy atom. The van der Waals surface area contributed by atoms with Crippen LogP contribution in [0.5, 0.6) is 17.2 Å². The van der Waals surface area contributed by atoms with E-state index in [1.165, 1.54) is 0 Å². The molecule has 144 valence electrons. The number of aromatic nitrogens is 2. The minimum Gasteiger partial charge on any atom is -0.493 e. The van der Waals surface area contributed by atoms with Crippen LogP contribution in [-0.4, -0.2) is 31.5 Å². The van der Waals surface area contributed by atoms with Gasteiger partial charge in [0.15, 0.2) is 17.1 Å². The van der Waals surface area contributed by atoms with Crippen LogP contribution < -0.4 is 14.2 Å². The van der Waals surface area contributed by atoms with Crippen LogP contribution in [0.1, 0.15) is 11.5 Å². The maximum Gasteiger partial charge on any atom is 0.203 e. The zero-order chi connectivity index (χ0) is 19.8. The van der Waals surface area contributed by atoms with Gasteiger partial charge in [0.2, 0.25) is 5.75 Å². The van der Waals surface area contributed by atoms with Crippen molar-refractivity contribution in [2.45, 2.75) is 13.8 Å². The normalized spacial score (nSPS) is 11.0. The first-order chi connectivity index (χ1) is 13.6. The molecule has 0 bridgehead atoms. The summed E-state index contributed by atoms with van der Waals surface area (Å²) < 4.78 is 27.8. The van der Waals surface area contributed by atoms with Crippen LogP contribution in [0.25, 0.3) is 33.6 Å². The Kier molecular flexibility index (Phi) is 4.43. The number of rotatable bonds is 5. The highest BCUT2D eigenvalue weighted by molar-refractivity contribution is 5.93. The number of furan rings is 1. The van der Waals surface area contributed by atoms with Gasteiger partial charge < -0.3 is 23.2 Å². The van der Waals surface area contributed by atoms with E-state index in [-0.39, 0.29) is 0 Å². The predicted molar refractivity (Wildman–Crippen MR) is 104 cm³/mol. The maximum atomic E-state index is 6.21. The maximum absolute atomic E-state index is 6.21. The molecule has 0 aliphatic heterocycles. The summed E-state index contributed by atoms with van der Waals surface area (Å²) in [6.07, 6.45) is 1.75. The van der Waals surface area contributed by atoms with Gasteiger partial charge in [-0.15, -0.1) is 0 Å². The first-order valence-corrected chi connectivity index (χ1v) is 8.69. The number of hydrogen-bond acceptors (Lipinski definition) is 7. The quantitative estimate of drug-likeness (QED) is 0.492. The molecule has 28 heavy (non-hydrogen) atoms. The minimum absolute atomic E-state index is 0.527. The van der Waals surface area contributed by atoms with Gasteiger partial charge in [0.1, 0.15) is 17.0 Å². The molecule has 4 rings (SSSR count). The van der Waals surface area contributed by atoms with Gasteiger partial charge >= 0.3 is 0 Å². The molecule has 3 heterocycles. The number of benzene rings is 1. The largest absolute Gasteiger partial charge is 0.493 e. The number of hydrogen-bond donors (Lipinski definition) is 0. The topological polar surface area (TPSA) is 79.8 Å². The van der Waals surface area contributed by atoms with Crippen molar-refractivity contribution in [2.75, 3.05) is 21.3 Å². The van der Waals surface area contributed by atoms with Crippen LogP contribution in [0, 0.1) is 13.8 Å². The van der Waals surface area contributed by atoms with Crippen molar-refractivity contribution in [3.05, 3.63) is 41.9 Å². The Morgan fingerprint density at radius 1 is 0.929 bits per heavy atom. The SMILES string of the molecule is COc1cc(-c2cc3nccc(-c4c(C)noc4C)c3o2)cc(OC)c1OC. The van der Waals surface area contributed by atoms with Gasteiger partial charge in [-0.1, -0.05) is 5.16 Å². The molecule has 1 aromatic carbocycles. The Hall–Kier alpha value is -3.48. The van der Waals surface area contributed by atoms with E-state index in [0.717, 1.165) is 33.7 Å². The summed E-state index contributed by atoms with van der Waals surface area (Å²) in [5.74, 6) is 3.00. The smallest absolute Gasteiger partial charge is 0.203 e. The van der Waals surface area contributed by atoms with Gasteiger partial charge in [-0.25, -0.2) is 0 Å². The number of methoxy groups -OCH3 is 3. The van der Waals surface area contributed by atoms with Gasteiger partial charge in [-0.05, 0) is 32.0 Å². The number of nitrogens with zero attached hydrogens (tertiary/aromatic N) is 2. The molecule has 0 aliphatic carbocycles. The van der Waals surface area contributed by atoms with E-state index in [1.54, 1.807) is 27.5 Å². The number of fused-ring (bicyclic) bond motifs is 1. The summed E-state index contributed by atoms with van der Waals surface area (Å²) >= 11 is 0. The summed E-state index contributed by atoms with van der Waals surface area (Å²) in [5.41, 5.74) is 4.80. The van der Waals surface area contributed by atoms with Gasteiger partial charge in [-0.2, -0.15) is 0 Å². The fraction of sp³-hybridized carbons (Fsp3) is 0.238. The third-order valence-electron chi connectivity index (χ3n) is 4.66. The van der Waals surface area contributed by atoms with Gasteiger partial charge in [-0.3, -0.25) is 4.98 Å². The lowest BCUT2D eigenvalue weighted by Gasteiger charge is -2.13. The van der Waals surface area contributed by atoms with Gasteiger partial charge in [0.25, 0.3) is 0 Å². The molecule has 0 aliphatic rings. The average Bonchev–Trinajstić information content (AvgIpc) is 3.29. The van der Waals surface area contributed by atoms with Crippen molar-refractivity contribution in [1.82, 2.24) is 10.1 Å². The molecule has 0 unspecified atom stereocenters. The van der Waals surface area contributed by atoms with E-state index in [1.807, 2.05) is 38.1 Å². The highest BCUT2D eigenvalue weighted by atomic mass is 16.5. The molecular formula is C21H20N2O5. The first-order valence-electron chi connectivity index (χ1n) is 8.69. The van der Waals surface area contributed by atoms with Crippen LogP contribution in [0.3, 0.4) is 0 Å². The molecule has 7 nitrogen and oxygen atoms in total. The third-order valence-corrected chi connectivity index (χ3v) is 4.66. The summed E-state index contributed by atoms with van der Waals surface area (Å²) in [7, 11) is 4.73. The molecule has 0 spiro atoms. The molecule has 0 saturated heterocycles. The van der Waals surface area contributed by atoms with Crippen LogP contribution >= 0.6 is 0 Å². The standard InChI is InChI=1S/C21H20N2O5/c1-11-19(12(2)28-23-11)14-6-7-22-15-10-16(27-20(14)15)13-8-17(24-3)21(26-5)18(9-13)25-4/h6-10H,1-5H3. The zero-order valence-corrected chi connectivity index (χ0v) is 16.3. The van der Waals surface area contributed by atoms with E-state index >= 15 is 0 Å². The number of ether oxygens (including phenoxy) is 3. The number of pyridine rings is 1. The second-order valence-electron chi connectivity index (χ2n) is 6.30. The van der Waals surface area contributed by atoms with Crippen molar-refractivity contribution in [1.29, 1.82) is 0 Å². The Labute approximate surface area is 161 Å². The zero-order valence-electron chi connectivity index (χ0n) is 16.3. The lowest BCUT2D eigenvalue weighted by molar-refractivity contribution is 0.324. The first kappa shape index (κ1) is 17.9. The predicted octanol–water partition coefficient (Wildman–Crippen LogP) is 4.79. The summed E-state index contributed by atoms with van der Waals surface area (Å²) in [6, 6.07) is 7.47. The van der Waals surface area contributed by atoms with E-state index in [4.69, 9.17) is 23.2 Å². The molecular weight excluding hydrogens is 360 g/mol.